The molecule has 0 spiro atoms. The number of aryl methyl sites for hydroxylation is 2. The first-order chi connectivity index (χ1) is 17.7. The third kappa shape index (κ3) is 14.0. The fraction of sp³-hybridized carbons (Fsp3) is 0.194. The Morgan fingerprint density at radius 1 is 0.667 bits per heavy atom. The number of amides is 1. The van der Waals surface area contributed by atoms with E-state index in [1.807, 2.05) is 78.9 Å². The van der Waals surface area contributed by atoms with Crippen molar-refractivity contribution in [1.82, 2.24) is 0 Å². The largest absolute Gasteiger partial charge is 0.449 e. The summed E-state index contributed by atoms with van der Waals surface area (Å²) in [5, 5.41) is 3.78. The molecule has 36 heavy (non-hydrogen) atoms. The first-order valence-electron chi connectivity index (χ1n) is 12.1. The zero-order valence-corrected chi connectivity index (χ0v) is 22.1. The Bertz CT molecular complexity index is 1060. The summed E-state index contributed by atoms with van der Waals surface area (Å²) in [6.07, 6.45) is 3.75. The number of nitrogens with one attached hydrogen (secondary N) is 1. The molecule has 3 N–H and O–H groups in total. The van der Waals surface area contributed by atoms with E-state index in [1.165, 1.54) is 24.0 Å². The number of para-hydroxylation sites is 2. The Balaban J connectivity index is 0.000000222. The van der Waals surface area contributed by atoms with Crippen LogP contribution in [-0.2, 0) is 17.6 Å². The summed E-state index contributed by atoms with van der Waals surface area (Å²) >= 11 is 3.41. The molecule has 4 nitrogen and oxygen atoms in total. The van der Waals surface area contributed by atoms with Crippen molar-refractivity contribution in [2.24, 2.45) is 0 Å². The van der Waals surface area contributed by atoms with Gasteiger partial charge in [-0.15, -0.1) is 0 Å². The molecule has 0 heterocycles. The fourth-order valence-corrected chi connectivity index (χ4v) is 3.41. The highest BCUT2D eigenvalue weighted by molar-refractivity contribution is 9.09. The van der Waals surface area contributed by atoms with Crippen molar-refractivity contribution in [3.05, 3.63) is 132 Å². The maximum Gasteiger partial charge on any atom is 0.411 e. The zero-order valence-electron chi connectivity index (χ0n) is 20.6. The summed E-state index contributed by atoms with van der Waals surface area (Å²) in [6, 6.07) is 39.5. The van der Waals surface area contributed by atoms with Crippen molar-refractivity contribution in [3.8, 4) is 0 Å². The van der Waals surface area contributed by atoms with E-state index < -0.39 is 6.09 Å². The summed E-state index contributed by atoms with van der Waals surface area (Å²) in [6.45, 7) is 0.424. The van der Waals surface area contributed by atoms with Crippen LogP contribution < -0.4 is 11.1 Å². The number of halogens is 1. The molecule has 4 rings (SSSR count). The predicted octanol–water partition coefficient (Wildman–Crippen LogP) is 8.15. The summed E-state index contributed by atoms with van der Waals surface area (Å²) in [4.78, 5) is 11.5. The second-order valence-electron chi connectivity index (χ2n) is 7.90. The topological polar surface area (TPSA) is 64.4 Å². The standard InChI is InChI=1S/C16H17NO2.C9H11Br.C6H7N/c18-16(17-15-11-5-2-6-12-15)19-13-7-10-14-8-3-1-4-9-14;10-8-4-7-9-5-2-1-3-6-9;7-6-4-2-1-3-5-6/h1-6,8-9,11-12H,7,10,13H2,(H,17,18);1-3,5-6H,4,7-8H2;1-5H,7H2. The van der Waals surface area contributed by atoms with Gasteiger partial charge in [0.2, 0.25) is 0 Å². The predicted molar refractivity (Wildman–Crippen MR) is 156 cm³/mol. The van der Waals surface area contributed by atoms with E-state index >= 15 is 0 Å². The van der Waals surface area contributed by atoms with Crippen molar-refractivity contribution in [2.45, 2.75) is 25.7 Å². The summed E-state index contributed by atoms with van der Waals surface area (Å²) in [5.41, 5.74) is 9.62. The van der Waals surface area contributed by atoms with Gasteiger partial charge in [0, 0.05) is 16.7 Å². The minimum absolute atomic E-state index is 0.403. The lowest BCUT2D eigenvalue weighted by Gasteiger charge is -2.06. The Labute approximate surface area is 223 Å². The van der Waals surface area contributed by atoms with Gasteiger partial charge in [-0.25, -0.2) is 4.79 Å². The molecule has 0 aliphatic rings. The number of nitrogen functional groups attached to an aromatic ring is 1. The van der Waals surface area contributed by atoms with Gasteiger partial charge < -0.3 is 10.5 Å². The number of anilines is 2. The van der Waals surface area contributed by atoms with Crippen LogP contribution in [0.25, 0.3) is 0 Å². The second-order valence-corrected chi connectivity index (χ2v) is 8.70. The maximum atomic E-state index is 11.5. The SMILES string of the molecule is BrCCCc1ccccc1.Nc1ccccc1.O=C(Nc1ccccc1)OCCCc1ccccc1. The van der Waals surface area contributed by atoms with Gasteiger partial charge in [-0.3, -0.25) is 5.32 Å². The average Bonchev–Trinajstić information content (AvgIpc) is 2.93. The van der Waals surface area contributed by atoms with Crippen molar-refractivity contribution >= 4 is 33.4 Å². The molecule has 0 aliphatic heterocycles. The Hall–Kier alpha value is -3.57. The number of hydrogen-bond donors (Lipinski definition) is 2. The van der Waals surface area contributed by atoms with Crippen LogP contribution in [-0.4, -0.2) is 18.0 Å². The number of carbonyl (C=O) groups is 1. The highest BCUT2D eigenvalue weighted by Gasteiger charge is 2.02. The number of alkyl halides is 1. The van der Waals surface area contributed by atoms with E-state index in [4.69, 9.17) is 10.5 Å². The number of carbonyl (C=O) groups excluding carboxylic acids is 1. The van der Waals surface area contributed by atoms with Crippen LogP contribution >= 0.6 is 15.9 Å². The van der Waals surface area contributed by atoms with Crippen molar-refractivity contribution in [2.75, 3.05) is 23.0 Å². The Morgan fingerprint density at radius 2 is 1.11 bits per heavy atom. The molecule has 188 valence electrons. The van der Waals surface area contributed by atoms with Crippen LogP contribution in [0.15, 0.2) is 121 Å². The molecule has 0 aromatic heterocycles. The van der Waals surface area contributed by atoms with E-state index in [1.54, 1.807) is 0 Å². The van der Waals surface area contributed by atoms with Gasteiger partial charge in [-0.2, -0.15) is 0 Å². The second kappa shape index (κ2) is 18.7. The summed E-state index contributed by atoms with van der Waals surface area (Å²) < 4.78 is 5.12. The summed E-state index contributed by atoms with van der Waals surface area (Å²) in [7, 11) is 0. The number of benzene rings is 4. The minimum Gasteiger partial charge on any atom is -0.449 e. The quantitative estimate of drug-likeness (QED) is 0.133. The molecule has 0 saturated heterocycles. The van der Waals surface area contributed by atoms with Gasteiger partial charge in [0.1, 0.15) is 0 Å². The van der Waals surface area contributed by atoms with Crippen molar-refractivity contribution in [3.63, 3.8) is 0 Å². The first kappa shape index (κ1) is 28.7. The lowest BCUT2D eigenvalue weighted by Crippen LogP contribution is -2.14. The van der Waals surface area contributed by atoms with Crippen LogP contribution in [0.2, 0.25) is 0 Å². The summed E-state index contributed by atoms with van der Waals surface area (Å²) in [5.74, 6) is 0. The smallest absolute Gasteiger partial charge is 0.411 e. The molecule has 5 heteroatoms. The Morgan fingerprint density at radius 3 is 1.56 bits per heavy atom. The number of ether oxygens (including phenoxy) is 1. The lowest BCUT2D eigenvalue weighted by atomic mass is 10.1. The molecule has 0 atom stereocenters. The fourth-order valence-electron chi connectivity index (χ4n) is 3.13. The normalized spacial score (nSPS) is 9.58. The first-order valence-corrected chi connectivity index (χ1v) is 13.2. The van der Waals surface area contributed by atoms with Gasteiger partial charge in [-0.1, -0.05) is 113 Å². The van der Waals surface area contributed by atoms with Gasteiger partial charge in [-0.05, 0) is 61.1 Å². The van der Waals surface area contributed by atoms with Gasteiger partial charge >= 0.3 is 6.09 Å². The molecule has 0 saturated carbocycles. The van der Waals surface area contributed by atoms with Gasteiger partial charge in [0.05, 0.1) is 6.61 Å². The van der Waals surface area contributed by atoms with Crippen molar-refractivity contribution in [1.29, 1.82) is 0 Å². The average molecular weight is 548 g/mol. The van der Waals surface area contributed by atoms with Crippen LogP contribution in [0.1, 0.15) is 24.0 Å². The van der Waals surface area contributed by atoms with Crippen LogP contribution in [0, 0.1) is 0 Å². The number of rotatable bonds is 8. The highest BCUT2D eigenvalue weighted by Crippen LogP contribution is 2.06. The molecule has 0 unspecified atom stereocenters. The molecular formula is C31H35BrN2O2. The van der Waals surface area contributed by atoms with Gasteiger partial charge in [0.15, 0.2) is 0 Å². The van der Waals surface area contributed by atoms with E-state index in [-0.39, 0.29) is 0 Å². The van der Waals surface area contributed by atoms with E-state index in [0.717, 1.165) is 29.5 Å². The van der Waals surface area contributed by atoms with E-state index in [9.17, 15) is 4.79 Å². The third-order valence-corrected chi connectivity index (χ3v) is 5.51. The zero-order chi connectivity index (χ0) is 25.7. The van der Waals surface area contributed by atoms with Crippen molar-refractivity contribution < 1.29 is 9.53 Å². The molecule has 0 fully saturated rings. The maximum absolute atomic E-state index is 11.5. The van der Waals surface area contributed by atoms with E-state index in [0.29, 0.717) is 6.61 Å². The van der Waals surface area contributed by atoms with E-state index in [2.05, 4.69) is 63.7 Å². The molecular weight excluding hydrogens is 512 g/mol. The molecule has 0 radical (unpaired) electrons. The van der Waals surface area contributed by atoms with Crippen LogP contribution in [0.5, 0.6) is 0 Å². The molecule has 1 amide bonds. The van der Waals surface area contributed by atoms with Crippen LogP contribution in [0.3, 0.4) is 0 Å². The van der Waals surface area contributed by atoms with Gasteiger partial charge in [0.25, 0.3) is 0 Å². The molecule has 0 aliphatic carbocycles. The molecule has 0 bridgehead atoms. The highest BCUT2D eigenvalue weighted by atomic mass is 79.9. The monoisotopic (exact) mass is 546 g/mol. The van der Waals surface area contributed by atoms with Crippen LogP contribution in [0.4, 0.5) is 16.2 Å². The molecule has 4 aromatic rings. The number of hydrogen-bond acceptors (Lipinski definition) is 3. The molecule has 4 aromatic carbocycles. The minimum atomic E-state index is -0.403. The lowest BCUT2D eigenvalue weighted by molar-refractivity contribution is 0.160. The number of nitrogens with two attached hydrogens (primary N) is 1. The third-order valence-electron chi connectivity index (χ3n) is 4.95. The Kier molecular flexibility index (Phi) is 14.9.